The van der Waals surface area contributed by atoms with E-state index in [1.54, 1.807) is 0 Å². The Kier molecular flexibility index (Phi) is 3.11. The Morgan fingerprint density at radius 2 is 2.00 bits per heavy atom. The van der Waals surface area contributed by atoms with Gasteiger partial charge < -0.3 is 4.98 Å². The summed E-state index contributed by atoms with van der Waals surface area (Å²) in [6, 6.07) is 4.09. The summed E-state index contributed by atoms with van der Waals surface area (Å²) in [5.41, 5.74) is 2.96. The zero-order chi connectivity index (χ0) is 11.9. The normalized spacial score (nSPS) is 26.4. The van der Waals surface area contributed by atoms with Gasteiger partial charge in [-0.1, -0.05) is 13.8 Å². The summed E-state index contributed by atoms with van der Waals surface area (Å²) in [6.07, 6.45) is 3.25. The molecule has 2 rings (SSSR count). The van der Waals surface area contributed by atoms with E-state index in [0.717, 1.165) is 6.42 Å². The van der Waals surface area contributed by atoms with Gasteiger partial charge in [-0.25, -0.2) is 0 Å². The summed E-state index contributed by atoms with van der Waals surface area (Å²) >= 11 is 0. The third kappa shape index (κ3) is 1.80. The summed E-state index contributed by atoms with van der Waals surface area (Å²) in [5.74, 6) is 0.666. The smallest absolute Gasteiger partial charge is 0.0394 e. The Morgan fingerprint density at radius 1 is 1.31 bits per heavy atom. The average Bonchev–Trinajstić information content (AvgIpc) is 2.61. The number of nitrogens with one attached hydrogen (secondary N) is 1. The van der Waals surface area contributed by atoms with E-state index in [4.69, 9.17) is 0 Å². The summed E-state index contributed by atoms with van der Waals surface area (Å²) < 4.78 is 0. The van der Waals surface area contributed by atoms with Gasteiger partial charge in [-0.05, 0) is 38.3 Å². The number of nitrogens with zero attached hydrogens (tertiary/aromatic N) is 1. The summed E-state index contributed by atoms with van der Waals surface area (Å²) in [4.78, 5) is 6.07. The number of aromatic nitrogens is 1. The molecule has 2 atom stereocenters. The van der Waals surface area contributed by atoms with Crippen molar-refractivity contribution in [2.75, 3.05) is 0 Å². The molecule has 1 aliphatic rings. The van der Waals surface area contributed by atoms with E-state index in [1.165, 1.54) is 11.3 Å². The van der Waals surface area contributed by atoms with Crippen LogP contribution in [0.15, 0.2) is 12.3 Å². The van der Waals surface area contributed by atoms with Gasteiger partial charge in [0.1, 0.15) is 0 Å². The zero-order valence-electron chi connectivity index (χ0n) is 11.1. The number of rotatable bonds is 2. The van der Waals surface area contributed by atoms with E-state index in [9.17, 15) is 0 Å². The Labute approximate surface area is 99.0 Å². The molecule has 0 radical (unpaired) electrons. The maximum absolute atomic E-state index is 3.41. The van der Waals surface area contributed by atoms with Crippen LogP contribution in [0, 0.1) is 5.92 Å². The van der Waals surface area contributed by atoms with Crippen LogP contribution >= 0.6 is 0 Å². The molecule has 2 nitrogen and oxygen atoms in total. The molecule has 1 aromatic rings. The second kappa shape index (κ2) is 4.25. The Morgan fingerprint density at radius 3 is 2.56 bits per heavy atom. The van der Waals surface area contributed by atoms with E-state index in [0.29, 0.717) is 24.0 Å². The maximum atomic E-state index is 3.41. The summed E-state index contributed by atoms with van der Waals surface area (Å²) in [7, 11) is 0. The molecule has 0 amide bonds. The van der Waals surface area contributed by atoms with E-state index in [1.807, 2.05) is 0 Å². The van der Waals surface area contributed by atoms with Crippen LogP contribution in [-0.2, 0) is 6.42 Å². The molecule has 90 valence electrons. The molecule has 1 N–H and O–H groups in total. The van der Waals surface area contributed by atoms with Gasteiger partial charge in [-0.3, -0.25) is 4.90 Å². The van der Waals surface area contributed by atoms with Crippen molar-refractivity contribution in [3.05, 3.63) is 23.5 Å². The van der Waals surface area contributed by atoms with Crippen molar-refractivity contribution >= 4 is 0 Å². The highest BCUT2D eigenvalue weighted by Gasteiger charge is 2.35. The van der Waals surface area contributed by atoms with Crippen molar-refractivity contribution in [1.29, 1.82) is 0 Å². The highest BCUT2D eigenvalue weighted by Crippen LogP contribution is 2.38. The van der Waals surface area contributed by atoms with Crippen molar-refractivity contribution in [2.45, 2.75) is 59.2 Å². The molecule has 2 heterocycles. The predicted octanol–water partition coefficient (Wildman–Crippen LogP) is 3.37. The largest absolute Gasteiger partial charge is 0.365 e. The first-order valence-electron chi connectivity index (χ1n) is 6.46. The second-order valence-corrected chi connectivity index (χ2v) is 5.69. The lowest BCUT2D eigenvalue weighted by Crippen LogP contribution is -2.47. The number of hydrogen-bond donors (Lipinski definition) is 1. The van der Waals surface area contributed by atoms with Gasteiger partial charge >= 0.3 is 0 Å². The van der Waals surface area contributed by atoms with Crippen molar-refractivity contribution in [3.63, 3.8) is 0 Å². The molecule has 0 bridgehead atoms. The van der Waals surface area contributed by atoms with E-state index < -0.39 is 0 Å². The fourth-order valence-corrected chi connectivity index (χ4v) is 3.24. The number of H-pyrrole nitrogens is 1. The van der Waals surface area contributed by atoms with Gasteiger partial charge in [0.25, 0.3) is 0 Å². The van der Waals surface area contributed by atoms with Crippen LogP contribution in [0.5, 0.6) is 0 Å². The van der Waals surface area contributed by atoms with Gasteiger partial charge in [0, 0.05) is 36.4 Å². The second-order valence-electron chi connectivity index (χ2n) is 5.69. The number of fused-ring (bicyclic) bond motifs is 1. The predicted molar refractivity (Wildman–Crippen MR) is 68.5 cm³/mol. The standard InChI is InChI=1S/C14H24N2/c1-9(2)14-12-6-7-15-13(12)8-11(5)16(14)10(3)4/h6-7,9-11,14-15H,8H2,1-5H3. The Balaban J connectivity index is 2.41. The first kappa shape index (κ1) is 11.7. The first-order valence-corrected chi connectivity index (χ1v) is 6.46. The van der Waals surface area contributed by atoms with Gasteiger partial charge in [-0.15, -0.1) is 0 Å². The lowest BCUT2D eigenvalue weighted by atomic mass is 9.86. The molecule has 16 heavy (non-hydrogen) atoms. The van der Waals surface area contributed by atoms with Crippen molar-refractivity contribution in [3.8, 4) is 0 Å². The van der Waals surface area contributed by atoms with Gasteiger partial charge in [0.05, 0.1) is 0 Å². The fraction of sp³-hybridized carbons (Fsp3) is 0.714. The van der Waals surface area contributed by atoms with E-state index >= 15 is 0 Å². The van der Waals surface area contributed by atoms with Gasteiger partial charge in [-0.2, -0.15) is 0 Å². The van der Waals surface area contributed by atoms with Crippen molar-refractivity contribution in [1.82, 2.24) is 9.88 Å². The lowest BCUT2D eigenvalue weighted by Gasteiger charge is -2.45. The fourth-order valence-electron chi connectivity index (χ4n) is 3.24. The first-order chi connectivity index (χ1) is 7.52. The molecular formula is C14H24N2. The Bertz CT molecular complexity index is 351. The minimum Gasteiger partial charge on any atom is -0.365 e. The van der Waals surface area contributed by atoms with Crippen LogP contribution in [-0.4, -0.2) is 22.0 Å². The van der Waals surface area contributed by atoms with Crippen molar-refractivity contribution in [2.24, 2.45) is 5.92 Å². The molecule has 2 heteroatoms. The molecule has 0 fully saturated rings. The van der Waals surface area contributed by atoms with Crippen molar-refractivity contribution < 1.29 is 0 Å². The topological polar surface area (TPSA) is 19.0 Å². The zero-order valence-corrected chi connectivity index (χ0v) is 11.1. The quantitative estimate of drug-likeness (QED) is 0.809. The minimum atomic E-state index is 0.574. The maximum Gasteiger partial charge on any atom is 0.0394 e. The lowest BCUT2D eigenvalue weighted by molar-refractivity contribution is 0.0615. The van der Waals surface area contributed by atoms with E-state index in [-0.39, 0.29) is 0 Å². The molecule has 0 aromatic carbocycles. The van der Waals surface area contributed by atoms with Crippen LogP contribution in [0.25, 0.3) is 0 Å². The molecule has 0 aliphatic carbocycles. The minimum absolute atomic E-state index is 0.574. The highest BCUT2D eigenvalue weighted by molar-refractivity contribution is 5.29. The van der Waals surface area contributed by atoms with E-state index in [2.05, 4.69) is 56.8 Å². The SMILES string of the molecule is CC(C)C1c2cc[nH]c2CC(C)N1C(C)C. The molecular weight excluding hydrogens is 196 g/mol. The molecule has 1 aromatic heterocycles. The van der Waals surface area contributed by atoms with Crippen LogP contribution in [0.2, 0.25) is 0 Å². The average molecular weight is 220 g/mol. The molecule has 2 unspecified atom stereocenters. The third-order valence-corrected chi connectivity index (χ3v) is 3.75. The summed E-state index contributed by atoms with van der Waals surface area (Å²) in [6.45, 7) is 11.6. The van der Waals surface area contributed by atoms with Gasteiger partial charge in [0.2, 0.25) is 0 Å². The third-order valence-electron chi connectivity index (χ3n) is 3.75. The monoisotopic (exact) mass is 220 g/mol. The van der Waals surface area contributed by atoms with Crippen LogP contribution < -0.4 is 0 Å². The molecule has 0 spiro atoms. The summed E-state index contributed by atoms with van der Waals surface area (Å²) in [5, 5.41) is 0. The molecule has 0 saturated carbocycles. The molecule has 0 saturated heterocycles. The highest BCUT2D eigenvalue weighted by atomic mass is 15.2. The number of aromatic amines is 1. The molecule has 1 aliphatic heterocycles. The Hall–Kier alpha value is -0.760. The van der Waals surface area contributed by atoms with Crippen LogP contribution in [0.3, 0.4) is 0 Å². The van der Waals surface area contributed by atoms with Crippen LogP contribution in [0.1, 0.15) is 51.9 Å². The van der Waals surface area contributed by atoms with Crippen LogP contribution in [0.4, 0.5) is 0 Å². The number of hydrogen-bond acceptors (Lipinski definition) is 1. The van der Waals surface area contributed by atoms with Gasteiger partial charge in [0.15, 0.2) is 0 Å².